The summed E-state index contributed by atoms with van der Waals surface area (Å²) in [6, 6.07) is 0. The van der Waals surface area contributed by atoms with E-state index in [1.54, 1.807) is 0 Å². The second-order valence-corrected chi connectivity index (χ2v) is 3.72. The third-order valence-electron chi connectivity index (χ3n) is 2.71. The largest absolute Gasteiger partial charge is 0.479 e. The van der Waals surface area contributed by atoms with Gasteiger partial charge in [0.1, 0.15) is 0 Å². The van der Waals surface area contributed by atoms with Crippen LogP contribution in [0.1, 0.15) is 26.7 Å². The molecule has 0 aliphatic heterocycles. The first-order valence-corrected chi connectivity index (χ1v) is 5.22. The molecule has 0 saturated heterocycles. The van der Waals surface area contributed by atoms with E-state index in [0.29, 0.717) is 26.1 Å². The van der Waals surface area contributed by atoms with Crippen molar-refractivity contribution in [2.75, 3.05) is 13.2 Å². The molecule has 0 spiro atoms. The number of carbonyl (C=O) groups is 1. The van der Waals surface area contributed by atoms with E-state index in [0.717, 1.165) is 0 Å². The van der Waals surface area contributed by atoms with Gasteiger partial charge >= 0.3 is 5.97 Å². The van der Waals surface area contributed by atoms with Gasteiger partial charge in [-0.2, -0.15) is 0 Å². The quantitative estimate of drug-likeness (QED) is 0.612. The summed E-state index contributed by atoms with van der Waals surface area (Å²) in [5.41, 5.74) is -0.738. The Morgan fingerprint density at radius 3 is 2.07 bits per heavy atom. The Hall–Kier alpha value is -0.650. The lowest BCUT2D eigenvalue weighted by Crippen LogP contribution is -2.42. The van der Waals surface area contributed by atoms with Gasteiger partial charge in [-0.1, -0.05) is 0 Å². The molecule has 5 nitrogen and oxygen atoms in total. The molecule has 0 aromatic rings. The van der Waals surface area contributed by atoms with Crippen LogP contribution in [-0.2, 0) is 14.3 Å². The van der Waals surface area contributed by atoms with Gasteiger partial charge in [0.05, 0.1) is 5.41 Å². The van der Waals surface area contributed by atoms with Crippen LogP contribution in [0.25, 0.3) is 0 Å². The lowest BCUT2D eigenvalue weighted by molar-refractivity contribution is -0.204. The second kappa shape index (κ2) is 4.92. The van der Waals surface area contributed by atoms with Crippen molar-refractivity contribution < 1.29 is 24.5 Å². The molecule has 1 atom stereocenters. The molecule has 2 N–H and O–H groups in total. The number of carboxylic acid groups (broad SMARTS) is 1. The van der Waals surface area contributed by atoms with Crippen LogP contribution < -0.4 is 0 Å². The topological polar surface area (TPSA) is 76.0 Å². The molecule has 1 unspecified atom stereocenters. The fraction of sp³-hybridized carbons (Fsp3) is 0.900. The summed E-state index contributed by atoms with van der Waals surface area (Å²) < 4.78 is 10.7. The van der Waals surface area contributed by atoms with Crippen LogP contribution in [0.15, 0.2) is 0 Å². The fourth-order valence-electron chi connectivity index (χ4n) is 1.71. The number of hydrogen-bond acceptors (Lipinski definition) is 4. The maximum atomic E-state index is 10.7. The summed E-state index contributed by atoms with van der Waals surface area (Å²) in [5, 5.41) is 18.4. The number of hydrogen-bond donors (Lipinski definition) is 2. The molecule has 0 bridgehead atoms. The highest BCUT2D eigenvalue weighted by Crippen LogP contribution is 2.53. The van der Waals surface area contributed by atoms with Crippen LogP contribution in [-0.4, -0.2) is 41.8 Å². The van der Waals surface area contributed by atoms with Gasteiger partial charge in [0.25, 0.3) is 0 Å². The van der Waals surface area contributed by atoms with Crippen molar-refractivity contribution in [3.63, 3.8) is 0 Å². The Balaban J connectivity index is 2.68. The van der Waals surface area contributed by atoms with E-state index in [-0.39, 0.29) is 0 Å². The number of rotatable bonds is 7. The van der Waals surface area contributed by atoms with Crippen molar-refractivity contribution >= 4 is 5.97 Å². The van der Waals surface area contributed by atoms with Gasteiger partial charge in [-0.15, -0.1) is 0 Å². The number of aliphatic carboxylic acids is 1. The van der Waals surface area contributed by atoms with Gasteiger partial charge in [0, 0.05) is 13.2 Å². The van der Waals surface area contributed by atoms with Crippen LogP contribution in [0.3, 0.4) is 0 Å². The highest BCUT2D eigenvalue weighted by Gasteiger charge is 2.59. The van der Waals surface area contributed by atoms with Gasteiger partial charge in [-0.05, 0) is 26.7 Å². The minimum atomic E-state index is -1.40. The summed E-state index contributed by atoms with van der Waals surface area (Å²) >= 11 is 0. The zero-order valence-electron chi connectivity index (χ0n) is 9.10. The zero-order valence-corrected chi connectivity index (χ0v) is 9.10. The Morgan fingerprint density at radius 1 is 1.33 bits per heavy atom. The monoisotopic (exact) mass is 218 g/mol. The van der Waals surface area contributed by atoms with Crippen molar-refractivity contribution in [1.82, 2.24) is 0 Å². The molecule has 1 saturated carbocycles. The normalized spacial score (nSPS) is 20.3. The molecule has 0 heterocycles. The second-order valence-electron chi connectivity index (χ2n) is 3.72. The number of ether oxygens (including phenoxy) is 2. The number of aliphatic hydroxyl groups excluding tert-OH is 1. The molecule has 88 valence electrons. The van der Waals surface area contributed by atoms with Crippen molar-refractivity contribution in [3.05, 3.63) is 0 Å². The van der Waals surface area contributed by atoms with Crippen LogP contribution >= 0.6 is 0 Å². The average molecular weight is 218 g/mol. The van der Waals surface area contributed by atoms with E-state index in [2.05, 4.69) is 0 Å². The predicted octanol–water partition coefficient (Wildman–Crippen LogP) is 0.611. The Morgan fingerprint density at radius 2 is 1.80 bits per heavy atom. The van der Waals surface area contributed by atoms with Gasteiger partial charge in [-0.3, -0.25) is 0 Å². The molecule has 15 heavy (non-hydrogen) atoms. The van der Waals surface area contributed by atoms with Crippen molar-refractivity contribution in [2.45, 2.75) is 39.1 Å². The number of carboxylic acids is 1. The van der Waals surface area contributed by atoms with E-state index >= 15 is 0 Å². The summed E-state index contributed by atoms with van der Waals surface area (Å²) in [5.74, 6) is -1.21. The van der Waals surface area contributed by atoms with E-state index in [1.165, 1.54) is 0 Å². The van der Waals surface area contributed by atoms with E-state index in [1.807, 2.05) is 13.8 Å². The van der Waals surface area contributed by atoms with Crippen LogP contribution in [0.5, 0.6) is 0 Å². The molecule has 0 aromatic carbocycles. The highest BCUT2D eigenvalue weighted by molar-refractivity contribution is 5.73. The number of aliphatic hydroxyl groups is 1. The molecule has 5 heteroatoms. The van der Waals surface area contributed by atoms with E-state index < -0.39 is 23.8 Å². The molecular weight excluding hydrogens is 200 g/mol. The molecule has 1 aliphatic rings. The average Bonchev–Trinajstić information content (AvgIpc) is 2.97. The first kappa shape index (κ1) is 12.4. The fourth-order valence-corrected chi connectivity index (χ4v) is 1.71. The minimum absolute atomic E-state index is 0.443. The van der Waals surface area contributed by atoms with Gasteiger partial charge in [0.2, 0.25) is 0 Å². The summed E-state index contributed by atoms with van der Waals surface area (Å²) in [6.45, 7) is 4.52. The first-order chi connectivity index (χ1) is 7.08. The highest BCUT2D eigenvalue weighted by atomic mass is 16.7. The predicted molar refractivity (Wildman–Crippen MR) is 52.3 cm³/mol. The van der Waals surface area contributed by atoms with E-state index in [4.69, 9.17) is 14.6 Å². The lowest BCUT2D eigenvalue weighted by atomic mass is 9.98. The molecule has 0 amide bonds. The molecule has 0 aromatic heterocycles. The Labute approximate surface area is 89.0 Å². The van der Waals surface area contributed by atoms with Crippen LogP contribution in [0, 0.1) is 5.41 Å². The zero-order chi connectivity index (χ0) is 11.5. The SMILES string of the molecule is CCOC(OCC)C1(C(O)C(=O)O)CC1. The van der Waals surface area contributed by atoms with Crippen molar-refractivity contribution in [1.29, 1.82) is 0 Å². The first-order valence-electron chi connectivity index (χ1n) is 5.22. The molecule has 1 aliphatic carbocycles. The van der Waals surface area contributed by atoms with E-state index in [9.17, 15) is 9.90 Å². The lowest BCUT2D eigenvalue weighted by Gasteiger charge is -2.28. The standard InChI is InChI=1S/C10H18O5/c1-3-14-9(15-4-2)10(5-6-10)7(11)8(12)13/h7,9,11H,3-6H2,1-2H3,(H,12,13). The third-order valence-corrected chi connectivity index (χ3v) is 2.71. The van der Waals surface area contributed by atoms with Crippen LogP contribution in [0.4, 0.5) is 0 Å². The molecule has 1 rings (SSSR count). The van der Waals surface area contributed by atoms with Crippen LogP contribution in [0.2, 0.25) is 0 Å². The minimum Gasteiger partial charge on any atom is -0.479 e. The van der Waals surface area contributed by atoms with Gasteiger partial charge in [0.15, 0.2) is 12.4 Å². The maximum Gasteiger partial charge on any atom is 0.333 e. The summed E-state index contributed by atoms with van der Waals surface area (Å²) in [7, 11) is 0. The summed E-state index contributed by atoms with van der Waals surface area (Å²) in [6.07, 6.45) is -0.754. The molecule has 1 fully saturated rings. The summed E-state index contributed by atoms with van der Waals surface area (Å²) in [4.78, 5) is 10.7. The smallest absolute Gasteiger partial charge is 0.333 e. The van der Waals surface area contributed by atoms with Gasteiger partial charge < -0.3 is 19.7 Å². The van der Waals surface area contributed by atoms with Gasteiger partial charge in [-0.25, -0.2) is 4.79 Å². The van der Waals surface area contributed by atoms with Crippen molar-refractivity contribution in [2.24, 2.45) is 5.41 Å². The Bertz CT molecular complexity index is 218. The maximum absolute atomic E-state index is 10.7. The molecule has 0 radical (unpaired) electrons. The third kappa shape index (κ3) is 2.48. The van der Waals surface area contributed by atoms with Crippen molar-refractivity contribution in [3.8, 4) is 0 Å². The Kier molecular flexibility index (Phi) is 4.07. The molecular formula is C10H18O5.